The number of fused-ring (bicyclic) bond motifs is 2. The first-order valence-electron chi connectivity index (χ1n) is 9.33. The number of imidazole rings is 1. The number of hydrogen-bond acceptors (Lipinski definition) is 9. The van der Waals surface area contributed by atoms with Gasteiger partial charge in [0.05, 0.1) is 27.9 Å². The minimum absolute atomic E-state index is 0.00351. The fourth-order valence-electron chi connectivity index (χ4n) is 3.10. The highest BCUT2D eigenvalue weighted by Gasteiger charge is 2.20. The van der Waals surface area contributed by atoms with E-state index in [2.05, 4.69) is 19.9 Å². The van der Waals surface area contributed by atoms with E-state index in [1.807, 2.05) is 0 Å². The maximum absolute atomic E-state index is 12.5. The molecule has 0 aliphatic heterocycles. The number of carbonyl (C=O) groups is 1. The predicted octanol–water partition coefficient (Wildman–Crippen LogP) is 3.59. The van der Waals surface area contributed by atoms with Gasteiger partial charge >= 0.3 is 5.97 Å². The summed E-state index contributed by atoms with van der Waals surface area (Å²) in [5.41, 5.74) is 1.51. The second kappa shape index (κ2) is 8.47. The van der Waals surface area contributed by atoms with E-state index in [9.17, 15) is 19.7 Å². The van der Waals surface area contributed by atoms with Crippen LogP contribution in [0.25, 0.3) is 21.3 Å². The Labute approximate surface area is 183 Å². The molecule has 12 heteroatoms. The molecule has 0 spiro atoms. The van der Waals surface area contributed by atoms with Crippen molar-refractivity contribution in [2.24, 2.45) is 0 Å². The van der Waals surface area contributed by atoms with Crippen LogP contribution >= 0.6 is 23.1 Å². The van der Waals surface area contributed by atoms with Crippen LogP contribution in [0.1, 0.15) is 28.0 Å². The summed E-state index contributed by atoms with van der Waals surface area (Å²) in [6.07, 6.45) is 0.471. The number of aryl methyl sites for hydroxylation is 2. The molecule has 4 aromatic rings. The van der Waals surface area contributed by atoms with Gasteiger partial charge in [0.2, 0.25) is 0 Å². The van der Waals surface area contributed by atoms with E-state index in [4.69, 9.17) is 4.74 Å². The molecule has 1 aromatic carbocycles. The van der Waals surface area contributed by atoms with Crippen molar-refractivity contribution in [3.05, 3.63) is 54.9 Å². The fraction of sp³-hybridized carbons (Fsp3) is 0.263. The highest BCUT2D eigenvalue weighted by Crippen LogP contribution is 2.28. The maximum Gasteiger partial charge on any atom is 0.348 e. The van der Waals surface area contributed by atoms with Crippen LogP contribution in [-0.4, -0.2) is 43.2 Å². The predicted molar refractivity (Wildman–Crippen MR) is 118 cm³/mol. The topological polar surface area (TPSA) is 144 Å². The average molecular weight is 460 g/mol. The number of thioether (sulfide) groups is 1. The van der Waals surface area contributed by atoms with Gasteiger partial charge in [-0.1, -0.05) is 11.8 Å². The van der Waals surface area contributed by atoms with Crippen LogP contribution in [-0.2, 0) is 11.2 Å². The Hall–Kier alpha value is -3.25. The highest BCUT2D eigenvalue weighted by atomic mass is 32.2. The number of esters is 1. The average Bonchev–Trinajstić information content (AvgIpc) is 3.28. The summed E-state index contributed by atoms with van der Waals surface area (Å²) in [5.74, 6) is 0.629. The molecule has 0 fully saturated rings. The molecule has 0 radical (unpaired) electrons. The Kier molecular flexibility index (Phi) is 5.74. The number of hydrogen-bond donors (Lipinski definition) is 2. The summed E-state index contributed by atoms with van der Waals surface area (Å²) in [6, 6.07) is 4.45. The van der Waals surface area contributed by atoms with Gasteiger partial charge < -0.3 is 14.7 Å². The molecule has 0 unspecified atom stereocenters. The first kappa shape index (κ1) is 21.0. The number of nitro benzene ring substituents is 1. The lowest BCUT2D eigenvalue weighted by Crippen LogP contribution is -2.12. The van der Waals surface area contributed by atoms with Crippen molar-refractivity contribution in [2.75, 3.05) is 12.4 Å². The molecule has 10 nitrogen and oxygen atoms in total. The summed E-state index contributed by atoms with van der Waals surface area (Å²) < 4.78 is 5.05. The molecular formula is C19H17N5O5S2. The standard InChI is InChI=1S/C19H17N5O5S2/c1-3-29-18(26)15-9(2)14-16(25)22-13(23-17(14)31-15)6-7-30-19-20-11-5-4-10(24(27)28)8-12(11)21-19/h4-5,8H,3,6-7H2,1-2H3,(H,20,21)(H,22,23,25). The Morgan fingerprint density at radius 1 is 1.32 bits per heavy atom. The zero-order valence-corrected chi connectivity index (χ0v) is 18.2. The van der Waals surface area contributed by atoms with Crippen molar-refractivity contribution < 1.29 is 14.5 Å². The number of aromatic amines is 2. The van der Waals surface area contributed by atoms with Gasteiger partial charge in [-0.2, -0.15) is 0 Å². The van der Waals surface area contributed by atoms with Gasteiger partial charge in [-0.3, -0.25) is 14.9 Å². The van der Waals surface area contributed by atoms with Crippen molar-refractivity contribution in [3.63, 3.8) is 0 Å². The maximum atomic E-state index is 12.5. The van der Waals surface area contributed by atoms with Gasteiger partial charge in [0.15, 0.2) is 5.16 Å². The summed E-state index contributed by atoms with van der Waals surface area (Å²) in [7, 11) is 0. The zero-order valence-electron chi connectivity index (χ0n) is 16.6. The monoisotopic (exact) mass is 459 g/mol. The second-order valence-electron chi connectivity index (χ2n) is 6.57. The van der Waals surface area contributed by atoms with Gasteiger partial charge in [-0.15, -0.1) is 11.3 Å². The number of ether oxygens (including phenoxy) is 1. The van der Waals surface area contributed by atoms with Crippen molar-refractivity contribution in [3.8, 4) is 0 Å². The van der Waals surface area contributed by atoms with E-state index in [0.717, 1.165) is 11.3 Å². The molecule has 0 saturated carbocycles. The number of nitrogens with zero attached hydrogens (tertiary/aromatic N) is 3. The third-order valence-corrected chi connectivity index (χ3v) is 6.58. The summed E-state index contributed by atoms with van der Waals surface area (Å²) >= 11 is 2.57. The third-order valence-electron chi connectivity index (χ3n) is 4.54. The minimum atomic E-state index is -0.454. The van der Waals surface area contributed by atoms with Crippen LogP contribution in [0.3, 0.4) is 0 Å². The van der Waals surface area contributed by atoms with Gasteiger partial charge in [0.25, 0.3) is 11.2 Å². The first-order chi connectivity index (χ1) is 14.9. The molecule has 0 amide bonds. The van der Waals surface area contributed by atoms with Crippen LogP contribution < -0.4 is 5.56 Å². The fourth-order valence-corrected chi connectivity index (χ4v) is 5.03. The van der Waals surface area contributed by atoms with Gasteiger partial charge in [0, 0.05) is 24.3 Å². The largest absolute Gasteiger partial charge is 0.462 e. The van der Waals surface area contributed by atoms with Crippen molar-refractivity contribution >= 4 is 56.0 Å². The molecular weight excluding hydrogens is 442 g/mol. The summed E-state index contributed by atoms with van der Waals surface area (Å²) in [5, 5.41) is 11.9. The zero-order chi connectivity index (χ0) is 22.1. The molecule has 0 aliphatic rings. The third kappa shape index (κ3) is 4.16. The number of H-pyrrole nitrogens is 2. The van der Waals surface area contributed by atoms with E-state index in [1.165, 1.54) is 23.9 Å². The number of rotatable bonds is 7. The Balaban J connectivity index is 1.50. The van der Waals surface area contributed by atoms with Crippen molar-refractivity contribution in [2.45, 2.75) is 25.4 Å². The first-order valence-corrected chi connectivity index (χ1v) is 11.1. The molecule has 0 saturated heterocycles. The molecule has 0 bridgehead atoms. The van der Waals surface area contributed by atoms with Crippen LogP contribution in [0.15, 0.2) is 28.2 Å². The Morgan fingerprint density at radius 3 is 2.87 bits per heavy atom. The van der Waals surface area contributed by atoms with Gasteiger partial charge in [0.1, 0.15) is 15.5 Å². The quantitative estimate of drug-likeness (QED) is 0.185. The molecule has 4 rings (SSSR count). The number of aromatic nitrogens is 4. The van der Waals surface area contributed by atoms with Crippen LogP contribution in [0, 0.1) is 17.0 Å². The second-order valence-corrected chi connectivity index (χ2v) is 8.65. The van der Waals surface area contributed by atoms with E-state index >= 15 is 0 Å². The minimum Gasteiger partial charge on any atom is -0.462 e. The number of nitrogens with one attached hydrogen (secondary N) is 2. The molecule has 2 N–H and O–H groups in total. The van der Waals surface area contributed by atoms with E-state index in [-0.39, 0.29) is 17.9 Å². The summed E-state index contributed by atoms with van der Waals surface area (Å²) in [6.45, 7) is 3.70. The number of non-ortho nitro benzene ring substituents is 1. The van der Waals surface area contributed by atoms with Gasteiger partial charge in [-0.25, -0.2) is 14.8 Å². The van der Waals surface area contributed by atoms with Crippen molar-refractivity contribution in [1.29, 1.82) is 0 Å². The molecule has 31 heavy (non-hydrogen) atoms. The lowest BCUT2D eigenvalue weighted by molar-refractivity contribution is -0.384. The Bertz CT molecular complexity index is 1370. The smallest absolute Gasteiger partial charge is 0.348 e. The molecule has 0 aliphatic carbocycles. The van der Waals surface area contributed by atoms with Crippen molar-refractivity contribution in [1.82, 2.24) is 19.9 Å². The van der Waals surface area contributed by atoms with Crippen LogP contribution in [0.2, 0.25) is 0 Å². The van der Waals surface area contributed by atoms with Crippen LogP contribution in [0.5, 0.6) is 0 Å². The van der Waals surface area contributed by atoms with E-state index in [0.29, 0.717) is 54.8 Å². The Morgan fingerprint density at radius 2 is 2.13 bits per heavy atom. The summed E-state index contributed by atoms with van der Waals surface area (Å²) in [4.78, 5) is 50.7. The number of carbonyl (C=O) groups excluding carboxylic acids is 1. The molecule has 0 atom stereocenters. The molecule has 3 heterocycles. The van der Waals surface area contributed by atoms with E-state index < -0.39 is 10.9 Å². The normalized spacial score (nSPS) is 11.3. The lowest BCUT2D eigenvalue weighted by atomic mass is 10.2. The number of nitro groups is 1. The highest BCUT2D eigenvalue weighted by molar-refractivity contribution is 7.99. The van der Waals surface area contributed by atoms with Gasteiger partial charge in [-0.05, 0) is 25.5 Å². The lowest BCUT2D eigenvalue weighted by Gasteiger charge is -2.00. The number of benzene rings is 1. The number of thiophene rings is 1. The van der Waals surface area contributed by atoms with E-state index in [1.54, 1.807) is 19.9 Å². The SMILES string of the molecule is CCOC(=O)c1sc2nc(CCSc3nc4ccc([N+](=O)[O-])cc4[nH]3)[nH]c(=O)c2c1C. The molecule has 160 valence electrons. The molecule has 3 aromatic heterocycles. The van der Waals surface area contributed by atoms with Crippen LogP contribution in [0.4, 0.5) is 5.69 Å².